The number of nitrogens with one attached hydrogen (secondary N) is 1. The number of rotatable bonds is 3. The number of fused-ring (bicyclic) bond motifs is 2. The Morgan fingerprint density at radius 1 is 1.07 bits per heavy atom. The highest BCUT2D eigenvalue weighted by Crippen LogP contribution is 2.32. The number of aromatic amines is 1. The van der Waals surface area contributed by atoms with E-state index in [4.69, 9.17) is 0 Å². The number of H-pyrrole nitrogens is 1. The van der Waals surface area contributed by atoms with E-state index in [9.17, 15) is 0 Å². The fraction of sp³-hybridized carbons (Fsp3) is 0.261. The van der Waals surface area contributed by atoms with Crippen LogP contribution < -0.4 is 4.90 Å². The second kappa shape index (κ2) is 6.10. The van der Waals surface area contributed by atoms with E-state index in [1.165, 1.54) is 27.5 Å². The summed E-state index contributed by atoms with van der Waals surface area (Å²) in [6.07, 6.45) is 3.93. The van der Waals surface area contributed by atoms with Crippen LogP contribution in [0.3, 0.4) is 0 Å². The molecule has 1 saturated heterocycles. The molecule has 5 rings (SSSR count). The monoisotopic (exact) mass is 356 g/mol. The van der Waals surface area contributed by atoms with Crippen LogP contribution in [0, 0.1) is 0 Å². The molecule has 1 aliphatic rings. The Labute approximate surface area is 159 Å². The summed E-state index contributed by atoms with van der Waals surface area (Å²) in [4.78, 5) is 12.8. The third-order valence-corrected chi connectivity index (χ3v) is 5.78. The highest BCUT2D eigenvalue weighted by atomic mass is 15.4. The molecule has 4 heteroatoms. The number of benzene rings is 2. The lowest BCUT2D eigenvalue weighted by atomic mass is 10.0. The normalized spacial score (nSPS) is 17.2. The molecule has 27 heavy (non-hydrogen) atoms. The van der Waals surface area contributed by atoms with Gasteiger partial charge in [-0.1, -0.05) is 18.2 Å². The van der Waals surface area contributed by atoms with Crippen molar-refractivity contribution in [3.8, 4) is 0 Å². The first kappa shape index (κ1) is 16.3. The molecule has 0 unspecified atom stereocenters. The maximum Gasteiger partial charge on any atom is 0.0715 e. The fourth-order valence-corrected chi connectivity index (χ4v) is 4.19. The van der Waals surface area contributed by atoms with Crippen LogP contribution in [0.25, 0.3) is 21.8 Å². The van der Waals surface area contributed by atoms with E-state index < -0.39 is 0 Å². The molecule has 2 aromatic heterocycles. The Bertz CT molecular complexity index is 1110. The number of pyridine rings is 1. The molecule has 0 amide bonds. The van der Waals surface area contributed by atoms with Crippen LogP contribution in [-0.4, -0.2) is 33.6 Å². The number of nitrogens with zero attached hydrogens (tertiary/aromatic N) is 3. The van der Waals surface area contributed by atoms with E-state index in [-0.39, 0.29) is 5.54 Å². The number of hydrogen-bond acceptors (Lipinski definition) is 3. The summed E-state index contributed by atoms with van der Waals surface area (Å²) in [7, 11) is 0. The lowest BCUT2D eigenvalue weighted by molar-refractivity contribution is 0.176. The van der Waals surface area contributed by atoms with Crippen LogP contribution in [0.5, 0.6) is 0 Å². The molecule has 4 aromatic rings. The molecule has 3 heterocycles. The molecule has 2 aromatic carbocycles. The first-order chi connectivity index (χ1) is 13.1. The summed E-state index contributed by atoms with van der Waals surface area (Å²) >= 11 is 0. The zero-order valence-electron chi connectivity index (χ0n) is 15.8. The minimum Gasteiger partial charge on any atom is -0.361 e. The van der Waals surface area contributed by atoms with Crippen molar-refractivity contribution in [1.29, 1.82) is 0 Å². The molecule has 0 spiro atoms. The molecule has 136 valence electrons. The van der Waals surface area contributed by atoms with Crippen molar-refractivity contribution in [2.75, 3.05) is 18.1 Å². The van der Waals surface area contributed by atoms with E-state index >= 15 is 0 Å². The molecule has 0 saturated carbocycles. The van der Waals surface area contributed by atoms with Crippen molar-refractivity contribution < 1.29 is 0 Å². The Hall–Kier alpha value is -2.85. The van der Waals surface area contributed by atoms with Gasteiger partial charge < -0.3 is 9.88 Å². The molecule has 0 bridgehead atoms. The lowest BCUT2D eigenvalue weighted by Crippen LogP contribution is -2.39. The van der Waals surface area contributed by atoms with Gasteiger partial charge in [0.2, 0.25) is 0 Å². The summed E-state index contributed by atoms with van der Waals surface area (Å²) in [5.74, 6) is 0. The van der Waals surface area contributed by atoms with Gasteiger partial charge in [0.05, 0.1) is 12.2 Å². The molecule has 0 radical (unpaired) electrons. The first-order valence-corrected chi connectivity index (χ1v) is 9.50. The first-order valence-electron chi connectivity index (χ1n) is 9.50. The third-order valence-electron chi connectivity index (χ3n) is 5.78. The quantitative estimate of drug-likeness (QED) is 0.574. The number of aromatic nitrogens is 2. The van der Waals surface area contributed by atoms with Gasteiger partial charge in [0.25, 0.3) is 0 Å². The molecule has 0 atom stereocenters. The number of para-hydroxylation sites is 1. The van der Waals surface area contributed by atoms with Crippen molar-refractivity contribution in [1.82, 2.24) is 14.9 Å². The maximum atomic E-state index is 4.51. The largest absolute Gasteiger partial charge is 0.361 e. The van der Waals surface area contributed by atoms with Gasteiger partial charge in [0.1, 0.15) is 0 Å². The third kappa shape index (κ3) is 2.86. The van der Waals surface area contributed by atoms with Gasteiger partial charge in [-0.2, -0.15) is 0 Å². The summed E-state index contributed by atoms with van der Waals surface area (Å²) in [5.41, 5.74) is 5.00. The van der Waals surface area contributed by atoms with Gasteiger partial charge in [-0.3, -0.25) is 9.88 Å². The van der Waals surface area contributed by atoms with Crippen LogP contribution in [0.1, 0.15) is 19.4 Å². The zero-order chi connectivity index (χ0) is 18.4. The predicted molar refractivity (Wildman–Crippen MR) is 112 cm³/mol. The van der Waals surface area contributed by atoms with Gasteiger partial charge in [-0.15, -0.1) is 0 Å². The molecule has 4 nitrogen and oxygen atoms in total. The molecule has 1 aliphatic heterocycles. The molecule has 0 aliphatic carbocycles. The standard InChI is InChI=1S/C23H24N4/c1-23(2)15-26(19-7-8-21-17(13-19)9-11-24-21)16-27(23)14-18-10-12-25-22-6-4-3-5-20(18)22/h3-13,24H,14-16H2,1-2H3. The van der Waals surface area contributed by atoms with Crippen molar-refractivity contribution in [3.63, 3.8) is 0 Å². The minimum atomic E-state index is 0.109. The lowest BCUT2D eigenvalue weighted by Gasteiger charge is -2.29. The van der Waals surface area contributed by atoms with Crippen LogP contribution >= 0.6 is 0 Å². The van der Waals surface area contributed by atoms with Gasteiger partial charge in [-0.25, -0.2) is 0 Å². The van der Waals surface area contributed by atoms with Crippen LogP contribution in [0.2, 0.25) is 0 Å². The average molecular weight is 356 g/mol. The summed E-state index contributed by atoms with van der Waals surface area (Å²) in [5, 5.41) is 2.52. The Kier molecular flexibility index (Phi) is 3.69. The second-order valence-electron chi connectivity index (χ2n) is 8.09. The molecular weight excluding hydrogens is 332 g/mol. The van der Waals surface area contributed by atoms with Crippen LogP contribution in [0.15, 0.2) is 67.0 Å². The zero-order valence-corrected chi connectivity index (χ0v) is 15.8. The SMILES string of the molecule is CC1(C)CN(c2ccc3[nH]ccc3c2)CN1Cc1ccnc2ccccc12. The van der Waals surface area contributed by atoms with E-state index in [1.54, 1.807) is 0 Å². The van der Waals surface area contributed by atoms with Crippen molar-refractivity contribution >= 4 is 27.5 Å². The topological polar surface area (TPSA) is 35.2 Å². The minimum absolute atomic E-state index is 0.109. The summed E-state index contributed by atoms with van der Waals surface area (Å²) in [6.45, 7) is 7.56. The fourth-order valence-electron chi connectivity index (χ4n) is 4.19. The van der Waals surface area contributed by atoms with E-state index in [0.717, 1.165) is 25.3 Å². The van der Waals surface area contributed by atoms with Crippen molar-refractivity contribution in [2.24, 2.45) is 0 Å². The highest BCUT2D eigenvalue weighted by Gasteiger charge is 2.37. The molecular formula is C23H24N4. The average Bonchev–Trinajstić information content (AvgIpc) is 3.25. The van der Waals surface area contributed by atoms with Crippen molar-refractivity contribution in [3.05, 3.63) is 72.6 Å². The smallest absolute Gasteiger partial charge is 0.0715 e. The van der Waals surface area contributed by atoms with Gasteiger partial charge >= 0.3 is 0 Å². The highest BCUT2D eigenvalue weighted by molar-refractivity contribution is 5.83. The van der Waals surface area contributed by atoms with Gasteiger partial charge in [0, 0.05) is 53.0 Å². The maximum absolute atomic E-state index is 4.51. The summed E-state index contributed by atoms with van der Waals surface area (Å²) < 4.78 is 0. The van der Waals surface area contributed by atoms with E-state index in [2.05, 4.69) is 88.2 Å². The number of anilines is 1. The Morgan fingerprint density at radius 3 is 2.89 bits per heavy atom. The summed E-state index contributed by atoms with van der Waals surface area (Å²) in [6, 6.07) is 19.4. The van der Waals surface area contributed by atoms with Crippen molar-refractivity contribution in [2.45, 2.75) is 25.9 Å². The van der Waals surface area contributed by atoms with Crippen LogP contribution in [0.4, 0.5) is 5.69 Å². The molecule has 1 fully saturated rings. The predicted octanol–water partition coefficient (Wildman–Crippen LogP) is 4.77. The van der Waals surface area contributed by atoms with Gasteiger partial charge in [-0.05, 0) is 55.8 Å². The Morgan fingerprint density at radius 2 is 1.96 bits per heavy atom. The van der Waals surface area contributed by atoms with Gasteiger partial charge in [0.15, 0.2) is 0 Å². The number of hydrogen-bond donors (Lipinski definition) is 1. The van der Waals surface area contributed by atoms with E-state index in [1.807, 2.05) is 12.4 Å². The second-order valence-corrected chi connectivity index (χ2v) is 8.09. The van der Waals surface area contributed by atoms with Crippen LogP contribution in [-0.2, 0) is 6.54 Å². The molecule has 1 N–H and O–H groups in total. The Balaban J connectivity index is 1.44. The van der Waals surface area contributed by atoms with E-state index in [0.29, 0.717) is 0 Å².